The monoisotopic (exact) mass is 467 g/mol. The smallest absolute Gasteiger partial charge is 0.253 e. The Morgan fingerprint density at radius 2 is 1.91 bits per heavy atom. The molecular weight excluding hydrogens is 445 g/mol. The zero-order valence-corrected chi connectivity index (χ0v) is 19.6. The molecule has 2 aromatic heterocycles. The van der Waals surface area contributed by atoms with Crippen LogP contribution < -0.4 is 5.32 Å². The molecule has 0 aliphatic carbocycles. The maximum absolute atomic E-state index is 12.5. The van der Waals surface area contributed by atoms with Gasteiger partial charge in [0.25, 0.3) is 5.78 Å². The van der Waals surface area contributed by atoms with Crippen LogP contribution in [0.4, 0.5) is 5.69 Å². The zero-order valence-electron chi connectivity index (χ0n) is 18.1. The van der Waals surface area contributed by atoms with Crippen molar-refractivity contribution in [1.29, 1.82) is 0 Å². The highest BCUT2D eigenvalue weighted by Crippen LogP contribution is 2.29. The number of benzene rings is 2. The molecule has 8 heteroatoms. The number of carbonyl (C=O) groups excluding carboxylic acids is 1. The van der Waals surface area contributed by atoms with E-state index in [1.807, 2.05) is 38.1 Å². The standard InChI is InChI=1S/C24H23Cl2N5O/c1-4-16-6-5-7-18(12-16)28-22(32)11-10-19-14(2)27-24-29-23(30-31(24)15(19)3)20-9-8-17(25)13-21(20)26/h5-9,12-13H,4,10-11H2,1-3H3,(H,28,32). The number of aromatic nitrogens is 4. The van der Waals surface area contributed by atoms with E-state index in [1.165, 1.54) is 5.56 Å². The van der Waals surface area contributed by atoms with E-state index in [9.17, 15) is 4.79 Å². The number of nitrogens with one attached hydrogen (secondary N) is 1. The number of nitrogens with zero attached hydrogens (tertiary/aromatic N) is 4. The van der Waals surface area contributed by atoms with Crippen molar-refractivity contribution < 1.29 is 4.79 Å². The Labute approximate surface area is 196 Å². The van der Waals surface area contributed by atoms with E-state index in [-0.39, 0.29) is 5.91 Å². The number of aryl methyl sites for hydroxylation is 3. The van der Waals surface area contributed by atoms with Gasteiger partial charge in [-0.25, -0.2) is 9.50 Å². The summed E-state index contributed by atoms with van der Waals surface area (Å²) in [6.07, 6.45) is 1.82. The molecule has 32 heavy (non-hydrogen) atoms. The average Bonchev–Trinajstić information content (AvgIpc) is 3.17. The van der Waals surface area contributed by atoms with E-state index in [0.29, 0.717) is 40.1 Å². The molecule has 0 aliphatic heterocycles. The third-order valence-electron chi connectivity index (χ3n) is 5.44. The average molecular weight is 468 g/mol. The summed E-state index contributed by atoms with van der Waals surface area (Å²) >= 11 is 12.3. The summed E-state index contributed by atoms with van der Waals surface area (Å²) in [6, 6.07) is 13.1. The molecule has 0 atom stereocenters. The Bertz CT molecular complexity index is 1320. The van der Waals surface area contributed by atoms with Crippen molar-refractivity contribution in [1.82, 2.24) is 19.6 Å². The molecule has 4 aromatic rings. The fourth-order valence-electron chi connectivity index (χ4n) is 3.69. The summed E-state index contributed by atoms with van der Waals surface area (Å²) in [5.74, 6) is 0.933. The van der Waals surface area contributed by atoms with Gasteiger partial charge in [0.05, 0.1) is 5.02 Å². The summed E-state index contributed by atoms with van der Waals surface area (Å²) in [5.41, 5.74) is 5.40. The fraction of sp³-hybridized carbons (Fsp3) is 0.250. The lowest BCUT2D eigenvalue weighted by molar-refractivity contribution is -0.116. The van der Waals surface area contributed by atoms with Crippen LogP contribution >= 0.6 is 23.2 Å². The van der Waals surface area contributed by atoms with Crippen molar-refractivity contribution in [3.8, 4) is 11.4 Å². The van der Waals surface area contributed by atoms with Crippen LogP contribution in [0.3, 0.4) is 0 Å². The number of carbonyl (C=O) groups is 1. The molecule has 0 bridgehead atoms. The van der Waals surface area contributed by atoms with Gasteiger partial charge in [0.15, 0.2) is 5.82 Å². The Balaban J connectivity index is 1.55. The molecule has 1 amide bonds. The first kappa shape index (κ1) is 22.2. The van der Waals surface area contributed by atoms with Crippen molar-refractivity contribution >= 4 is 40.6 Å². The molecule has 0 fully saturated rings. The van der Waals surface area contributed by atoms with Gasteiger partial charge in [-0.2, -0.15) is 4.98 Å². The minimum atomic E-state index is -0.0376. The van der Waals surface area contributed by atoms with Crippen molar-refractivity contribution in [3.63, 3.8) is 0 Å². The lowest BCUT2D eigenvalue weighted by Gasteiger charge is -2.11. The highest BCUT2D eigenvalue weighted by atomic mass is 35.5. The van der Waals surface area contributed by atoms with Gasteiger partial charge in [-0.15, -0.1) is 5.10 Å². The summed E-state index contributed by atoms with van der Waals surface area (Å²) in [7, 11) is 0. The van der Waals surface area contributed by atoms with Crippen LogP contribution in [-0.2, 0) is 17.6 Å². The first-order valence-electron chi connectivity index (χ1n) is 10.4. The predicted octanol–water partition coefficient (Wildman–Crippen LogP) is 5.85. The van der Waals surface area contributed by atoms with Crippen LogP contribution in [0.15, 0.2) is 42.5 Å². The Kier molecular flexibility index (Phi) is 6.44. The first-order chi connectivity index (χ1) is 15.4. The minimum Gasteiger partial charge on any atom is -0.326 e. The number of halogens is 2. The zero-order chi connectivity index (χ0) is 22.8. The normalized spacial score (nSPS) is 11.2. The molecule has 1 N–H and O–H groups in total. The molecule has 0 spiro atoms. The van der Waals surface area contributed by atoms with Crippen molar-refractivity contribution in [2.75, 3.05) is 5.32 Å². The molecule has 2 aromatic carbocycles. The molecule has 0 saturated heterocycles. The summed E-state index contributed by atoms with van der Waals surface area (Å²) in [6.45, 7) is 5.97. The topological polar surface area (TPSA) is 72.2 Å². The highest BCUT2D eigenvalue weighted by Gasteiger charge is 2.17. The van der Waals surface area contributed by atoms with Gasteiger partial charge in [-0.1, -0.05) is 42.3 Å². The Morgan fingerprint density at radius 1 is 1.09 bits per heavy atom. The van der Waals surface area contributed by atoms with Gasteiger partial charge in [0.2, 0.25) is 5.91 Å². The second kappa shape index (κ2) is 9.27. The van der Waals surface area contributed by atoms with E-state index in [4.69, 9.17) is 23.2 Å². The van der Waals surface area contributed by atoms with Crippen molar-refractivity contribution in [2.45, 2.75) is 40.0 Å². The van der Waals surface area contributed by atoms with Crippen molar-refractivity contribution in [2.24, 2.45) is 0 Å². The van der Waals surface area contributed by atoms with Gasteiger partial charge in [-0.05, 0) is 68.1 Å². The molecule has 0 aliphatic rings. The highest BCUT2D eigenvalue weighted by molar-refractivity contribution is 6.36. The second-order valence-corrected chi connectivity index (χ2v) is 8.48. The summed E-state index contributed by atoms with van der Waals surface area (Å²) < 4.78 is 1.70. The number of amides is 1. The molecule has 0 saturated carbocycles. The number of hydrogen-bond acceptors (Lipinski definition) is 4. The van der Waals surface area contributed by atoms with Crippen LogP contribution in [0.25, 0.3) is 17.2 Å². The van der Waals surface area contributed by atoms with Crippen molar-refractivity contribution in [3.05, 3.63) is 75.0 Å². The van der Waals surface area contributed by atoms with E-state index in [2.05, 4.69) is 27.3 Å². The van der Waals surface area contributed by atoms with E-state index in [1.54, 1.807) is 22.7 Å². The number of rotatable bonds is 6. The van der Waals surface area contributed by atoms with E-state index < -0.39 is 0 Å². The Morgan fingerprint density at radius 3 is 2.66 bits per heavy atom. The van der Waals surface area contributed by atoms with E-state index >= 15 is 0 Å². The maximum atomic E-state index is 12.5. The quantitative estimate of drug-likeness (QED) is 0.386. The molecule has 2 heterocycles. The van der Waals surface area contributed by atoms with Crippen LogP contribution in [0.5, 0.6) is 0 Å². The molecule has 4 rings (SSSR count). The van der Waals surface area contributed by atoms with Crippen LogP contribution in [-0.4, -0.2) is 25.5 Å². The first-order valence-corrected chi connectivity index (χ1v) is 11.2. The van der Waals surface area contributed by atoms with Gasteiger partial charge in [0, 0.05) is 34.1 Å². The number of fused-ring (bicyclic) bond motifs is 1. The molecule has 0 radical (unpaired) electrons. The third-order valence-corrected chi connectivity index (χ3v) is 5.99. The van der Waals surface area contributed by atoms with E-state index in [0.717, 1.165) is 29.1 Å². The third kappa shape index (κ3) is 4.61. The van der Waals surface area contributed by atoms with Gasteiger partial charge in [0.1, 0.15) is 0 Å². The van der Waals surface area contributed by atoms with Gasteiger partial charge in [-0.3, -0.25) is 4.79 Å². The molecular formula is C24H23Cl2N5O. The van der Waals surface area contributed by atoms with Gasteiger partial charge < -0.3 is 5.32 Å². The molecule has 6 nitrogen and oxygen atoms in total. The lowest BCUT2D eigenvalue weighted by atomic mass is 10.1. The summed E-state index contributed by atoms with van der Waals surface area (Å²) in [4.78, 5) is 21.7. The van der Waals surface area contributed by atoms with Gasteiger partial charge >= 0.3 is 0 Å². The van der Waals surface area contributed by atoms with Crippen LogP contribution in [0, 0.1) is 13.8 Å². The number of anilines is 1. The predicted molar refractivity (Wildman–Crippen MR) is 128 cm³/mol. The molecule has 0 unspecified atom stereocenters. The minimum absolute atomic E-state index is 0.0376. The lowest BCUT2D eigenvalue weighted by Crippen LogP contribution is -2.14. The second-order valence-electron chi connectivity index (χ2n) is 7.63. The van der Waals surface area contributed by atoms with Crippen LogP contribution in [0.1, 0.15) is 35.9 Å². The largest absolute Gasteiger partial charge is 0.326 e. The summed E-state index contributed by atoms with van der Waals surface area (Å²) in [5, 5.41) is 8.61. The Hall–Kier alpha value is -2.96. The fourth-order valence-corrected chi connectivity index (χ4v) is 4.18. The SMILES string of the molecule is CCc1cccc(NC(=O)CCc2c(C)nc3nc(-c4ccc(Cl)cc4Cl)nn3c2C)c1. The number of hydrogen-bond donors (Lipinski definition) is 1. The van der Waals surface area contributed by atoms with Crippen LogP contribution in [0.2, 0.25) is 10.0 Å². The maximum Gasteiger partial charge on any atom is 0.253 e. The molecule has 164 valence electrons.